The summed E-state index contributed by atoms with van der Waals surface area (Å²) in [6, 6.07) is 66.7. The molecule has 12 rings (SSSR count). The topological polar surface area (TPSA) is 29.6 Å². The van der Waals surface area contributed by atoms with E-state index in [0.29, 0.717) is 0 Å². The summed E-state index contributed by atoms with van der Waals surface area (Å²) in [5.74, 6) is 0.790. The molecule has 0 radical (unpaired) electrons. The van der Waals surface area contributed by atoms with E-state index in [9.17, 15) is 0 Å². The molecule has 1 aliphatic rings. The van der Waals surface area contributed by atoms with Crippen LogP contribution in [0.1, 0.15) is 15.2 Å². The van der Waals surface area contributed by atoms with Crippen LogP contribution in [0, 0.1) is 0 Å². The molecule has 2 heterocycles. The number of hydrogen-bond donors (Lipinski definition) is 0. The number of benzene rings is 10. The summed E-state index contributed by atoms with van der Waals surface area (Å²) in [5, 5.41) is 17.8. The van der Waals surface area contributed by atoms with Crippen LogP contribution in [-0.4, -0.2) is 14.2 Å². The molecule has 11 aromatic rings. The number of hydrogen-bond acceptors (Lipinski definition) is 2. The number of nitrogens with zero attached hydrogens (tertiary/aromatic N) is 3. The van der Waals surface area contributed by atoms with Crippen LogP contribution >= 0.6 is 0 Å². The molecule has 3 nitrogen and oxygen atoms in total. The molecule has 0 fully saturated rings. The van der Waals surface area contributed by atoms with Crippen molar-refractivity contribution < 1.29 is 21.2 Å². The van der Waals surface area contributed by atoms with Gasteiger partial charge in [-0.05, 0) is 0 Å². The Hall–Kier alpha value is -6.37. The van der Waals surface area contributed by atoms with Gasteiger partial charge in [-0.2, -0.15) is 0 Å². The Kier molecular flexibility index (Phi) is 6.81. The van der Waals surface area contributed by atoms with E-state index in [-0.39, 0.29) is 4.05 Å². The van der Waals surface area contributed by atoms with Gasteiger partial charge in [0.2, 0.25) is 0 Å². The van der Waals surface area contributed by atoms with Crippen LogP contribution in [0.15, 0.2) is 192 Å². The molecule has 0 amide bonds. The van der Waals surface area contributed by atoms with Crippen molar-refractivity contribution in [3.63, 3.8) is 0 Å². The third-order valence-electron chi connectivity index (χ3n) is 11.4. The maximum absolute atomic E-state index is 5.52. The van der Waals surface area contributed by atoms with Gasteiger partial charge < -0.3 is 0 Å². The number of rotatable bonds is 2. The Morgan fingerprint density at radius 1 is 0.400 bits per heavy atom. The van der Waals surface area contributed by atoms with Gasteiger partial charge in [0.25, 0.3) is 0 Å². The van der Waals surface area contributed by atoms with E-state index >= 15 is 0 Å². The molecule has 55 heavy (non-hydrogen) atoms. The molecule has 10 aromatic carbocycles. The van der Waals surface area contributed by atoms with E-state index in [1.54, 1.807) is 0 Å². The first kappa shape index (κ1) is 31.0. The molecule has 0 saturated carbocycles. The van der Waals surface area contributed by atoms with Gasteiger partial charge in [0.15, 0.2) is 0 Å². The van der Waals surface area contributed by atoms with Gasteiger partial charge >= 0.3 is 329 Å². The number of halogens is 1. The minimum absolute atomic E-state index is 0.00411. The Labute approximate surface area is 327 Å². The zero-order chi connectivity index (χ0) is 36.0. The molecular weight excluding hydrogens is 781 g/mol. The summed E-state index contributed by atoms with van der Waals surface area (Å²) < 4.78 is 3.60. The first-order valence-corrected chi connectivity index (χ1v) is 21.1. The van der Waals surface area contributed by atoms with Crippen molar-refractivity contribution in [2.45, 2.75) is 4.05 Å². The zero-order valence-electron chi connectivity index (χ0n) is 29.6. The predicted molar refractivity (Wildman–Crippen MR) is 229 cm³/mol. The van der Waals surface area contributed by atoms with E-state index in [2.05, 4.69) is 187 Å². The molecule has 0 spiro atoms. The molecule has 4 heteroatoms. The quantitative estimate of drug-likeness (QED) is 0.0721. The second-order valence-corrected chi connectivity index (χ2v) is 17.2. The van der Waals surface area contributed by atoms with Gasteiger partial charge in [-0.25, -0.2) is 0 Å². The monoisotopic (exact) mass is 812 g/mol. The molecule has 1 unspecified atom stereocenters. The third kappa shape index (κ3) is 4.74. The van der Waals surface area contributed by atoms with Crippen LogP contribution in [0.25, 0.3) is 86.4 Å². The number of alkyl halides is 1. The van der Waals surface area contributed by atoms with Crippen LogP contribution in [0.3, 0.4) is 0 Å². The van der Waals surface area contributed by atoms with Crippen molar-refractivity contribution in [1.82, 2.24) is 4.57 Å². The van der Waals surface area contributed by atoms with Crippen LogP contribution in [-0.2, 0) is 0 Å². The normalized spacial score (nSPS) is 15.0. The summed E-state index contributed by atoms with van der Waals surface area (Å²) in [6.45, 7) is 0. The first-order chi connectivity index (χ1) is 27.3. The molecule has 0 bridgehead atoms. The summed E-state index contributed by atoms with van der Waals surface area (Å²) in [7, 11) is 0. The predicted octanol–water partition coefficient (Wildman–Crippen LogP) is 10.2. The van der Waals surface area contributed by atoms with E-state index in [1.165, 1.54) is 92.0 Å². The molecular formula is C51H31IN3-. The van der Waals surface area contributed by atoms with Crippen LogP contribution in [0.4, 0.5) is 0 Å². The second-order valence-electron chi connectivity index (χ2n) is 14.4. The molecule has 0 N–H and O–H groups in total. The Morgan fingerprint density at radius 2 is 0.982 bits per heavy atom. The summed E-state index contributed by atoms with van der Waals surface area (Å²) in [6.07, 6.45) is 0. The first-order valence-electron chi connectivity index (χ1n) is 18.7. The molecule has 1 aromatic heterocycles. The van der Waals surface area contributed by atoms with Crippen molar-refractivity contribution in [2.75, 3.05) is 0 Å². The van der Waals surface area contributed by atoms with Crippen LogP contribution in [0.5, 0.6) is 0 Å². The van der Waals surface area contributed by atoms with Gasteiger partial charge in [-0.3, -0.25) is 0 Å². The van der Waals surface area contributed by atoms with Crippen molar-refractivity contribution >= 4 is 96.1 Å². The van der Waals surface area contributed by atoms with Gasteiger partial charge in [0.1, 0.15) is 0 Å². The molecule has 1 aliphatic heterocycles. The summed E-state index contributed by atoms with van der Waals surface area (Å²) >= 11 is -0.736. The number of aromatic nitrogens is 1. The standard InChI is InChI=1S/C51H31IN3/c1-2-13-32(14-3-1)50-53-49(36-24-25-38-35(28-36)23-22-31-12-6-7-17-37(31)38)52-51(54-50)55-45-27-26-43-41-20-9-8-18-39(41)40-19-10-11-21-42(40)47(43)48(45)44-29-33-15-4-5-16-34(33)30-46(44)55/h1-30,49H/q-1. The van der Waals surface area contributed by atoms with E-state index < -0.39 is 21.2 Å². The number of fused-ring (bicyclic) bond motifs is 14. The fourth-order valence-corrected chi connectivity index (χ4v) is 11.7. The number of aliphatic imine (C=N–C) groups is 2. The Bertz CT molecular complexity index is 3430. The van der Waals surface area contributed by atoms with Crippen molar-refractivity contribution in [3.05, 3.63) is 193 Å². The Balaban J connectivity index is 1.16. The summed E-state index contributed by atoms with van der Waals surface area (Å²) in [5.41, 5.74) is 4.66. The molecule has 258 valence electrons. The SMILES string of the molecule is c1ccc(C2=NC(c3ccc4c(ccc5ccccc54)c3)[I-]C(n3c4cc5ccccc5cc4c4c5c6ccccc6c6ccccc6c5ccc43)=N2)cc1. The minimum atomic E-state index is -0.736. The third-order valence-corrected chi connectivity index (χ3v) is 14.3. The zero-order valence-corrected chi connectivity index (χ0v) is 31.8. The second kappa shape index (κ2) is 12.1. The average molecular weight is 813 g/mol. The fraction of sp³-hybridized carbons (Fsp3) is 0.0196. The fourth-order valence-electron chi connectivity index (χ4n) is 8.89. The van der Waals surface area contributed by atoms with Gasteiger partial charge in [-0.1, -0.05) is 0 Å². The van der Waals surface area contributed by atoms with Gasteiger partial charge in [0.05, 0.1) is 0 Å². The average Bonchev–Trinajstić information content (AvgIpc) is 3.58. The molecule has 1 atom stereocenters. The maximum atomic E-state index is 5.52. The van der Waals surface area contributed by atoms with Crippen molar-refractivity contribution in [1.29, 1.82) is 0 Å². The number of amidine groups is 1. The molecule has 0 saturated heterocycles. The Morgan fingerprint density at radius 3 is 1.76 bits per heavy atom. The van der Waals surface area contributed by atoms with Crippen molar-refractivity contribution in [2.24, 2.45) is 9.98 Å². The van der Waals surface area contributed by atoms with Gasteiger partial charge in [-0.15, -0.1) is 0 Å². The van der Waals surface area contributed by atoms with E-state index in [1.807, 2.05) is 0 Å². The van der Waals surface area contributed by atoms with Gasteiger partial charge in [0, 0.05) is 0 Å². The van der Waals surface area contributed by atoms with Crippen molar-refractivity contribution in [3.8, 4) is 0 Å². The molecule has 0 aliphatic carbocycles. The van der Waals surface area contributed by atoms with E-state index in [4.69, 9.17) is 9.98 Å². The summed E-state index contributed by atoms with van der Waals surface area (Å²) in [4.78, 5) is 11.0. The van der Waals surface area contributed by atoms with E-state index in [0.717, 1.165) is 15.2 Å². The van der Waals surface area contributed by atoms with Crippen LogP contribution in [0.2, 0.25) is 0 Å². The van der Waals surface area contributed by atoms with Crippen LogP contribution < -0.4 is 21.2 Å².